The molecule has 1 heterocycles. The van der Waals surface area contributed by atoms with Gasteiger partial charge in [-0.15, -0.1) is 0 Å². The zero-order chi connectivity index (χ0) is 10.9. The van der Waals surface area contributed by atoms with Crippen LogP contribution in [0.4, 0.5) is 5.69 Å². The second-order valence-electron chi connectivity index (χ2n) is 3.64. The van der Waals surface area contributed by atoms with Gasteiger partial charge in [0, 0.05) is 36.7 Å². The molecule has 1 aromatic heterocycles. The van der Waals surface area contributed by atoms with E-state index in [4.69, 9.17) is 0 Å². The monoisotopic (exact) mass is 207 g/mol. The van der Waals surface area contributed by atoms with Crippen LogP contribution in [0.25, 0.3) is 0 Å². The third kappa shape index (κ3) is 4.30. The number of hydrogen-bond donors (Lipinski definition) is 2. The first-order chi connectivity index (χ1) is 7.38. The first-order valence-corrected chi connectivity index (χ1v) is 5.76. The molecule has 0 aliphatic heterocycles. The van der Waals surface area contributed by atoms with Gasteiger partial charge in [-0.2, -0.15) is 0 Å². The number of nitrogens with one attached hydrogen (secondary N) is 2. The summed E-state index contributed by atoms with van der Waals surface area (Å²) in [6.45, 7) is 7.32. The molecule has 0 saturated heterocycles. The van der Waals surface area contributed by atoms with E-state index in [0.717, 1.165) is 32.5 Å². The van der Waals surface area contributed by atoms with Crippen LogP contribution in [-0.2, 0) is 6.54 Å². The normalized spacial score (nSPS) is 10.3. The number of anilines is 1. The highest BCUT2D eigenvalue weighted by Gasteiger charge is 2.00. The van der Waals surface area contributed by atoms with Crippen LogP contribution in [0.15, 0.2) is 18.5 Å². The van der Waals surface area contributed by atoms with Crippen LogP contribution in [0, 0.1) is 0 Å². The predicted octanol–water partition coefficient (Wildman–Crippen LogP) is 2.40. The van der Waals surface area contributed by atoms with E-state index >= 15 is 0 Å². The molecule has 1 aromatic rings. The van der Waals surface area contributed by atoms with Gasteiger partial charge in [0.1, 0.15) is 0 Å². The Balaban J connectivity index is 2.52. The molecule has 0 saturated carbocycles. The topological polar surface area (TPSA) is 37.0 Å². The molecule has 3 nitrogen and oxygen atoms in total. The van der Waals surface area contributed by atoms with E-state index in [2.05, 4.69) is 29.5 Å². The maximum absolute atomic E-state index is 4.15. The number of nitrogens with zero attached hydrogens (tertiary/aromatic N) is 1. The molecule has 0 fully saturated rings. The van der Waals surface area contributed by atoms with Gasteiger partial charge in [0.15, 0.2) is 0 Å². The quantitative estimate of drug-likeness (QED) is 0.674. The van der Waals surface area contributed by atoms with Crippen molar-refractivity contribution < 1.29 is 0 Å². The van der Waals surface area contributed by atoms with Crippen molar-refractivity contribution in [3.8, 4) is 0 Å². The van der Waals surface area contributed by atoms with Crippen LogP contribution in [0.3, 0.4) is 0 Å². The number of pyridine rings is 1. The maximum Gasteiger partial charge on any atom is 0.0416 e. The van der Waals surface area contributed by atoms with Gasteiger partial charge in [0.2, 0.25) is 0 Å². The summed E-state index contributed by atoms with van der Waals surface area (Å²) in [5.41, 5.74) is 2.45. The minimum absolute atomic E-state index is 0.897. The summed E-state index contributed by atoms with van der Waals surface area (Å²) in [6.07, 6.45) is 6.07. The van der Waals surface area contributed by atoms with Crippen molar-refractivity contribution in [3.63, 3.8) is 0 Å². The molecule has 0 aliphatic rings. The summed E-state index contributed by atoms with van der Waals surface area (Å²) in [4.78, 5) is 4.15. The maximum atomic E-state index is 4.15. The molecule has 2 N–H and O–H groups in total. The third-order valence-corrected chi connectivity index (χ3v) is 2.21. The summed E-state index contributed by atoms with van der Waals surface area (Å²) in [7, 11) is 0. The van der Waals surface area contributed by atoms with Crippen molar-refractivity contribution in [2.24, 2.45) is 0 Å². The van der Waals surface area contributed by atoms with Crippen LogP contribution in [-0.4, -0.2) is 18.1 Å². The summed E-state index contributed by atoms with van der Waals surface area (Å²) in [5.74, 6) is 0. The van der Waals surface area contributed by atoms with E-state index in [9.17, 15) is 0 Å². The molecule has 0 radical (unpaired) electrons. The highest BCUT2D eigenvalue weighted by molar-refractivity contribution is 5.49. The van der Waals surface area contributed by atoms with E-state index < -0.39 is 0 Å². The second kappa shape index (κ2) is 7.23. The molecule has 0 unspecified atom stereocenters. The Hall–Kier alpha value is -1.09. The van der Waals surface area contributed by atoms with E-state index in [1.807, 2.05) is 18.5 Å². The lowest BCUT2D eigenvalue weighted by atomic mass is 10.2. The molecule has 0 atom stereocenters. The van der Waals surface area contributed by atoms with Gasteiger partial charge in [0.05, 0.1) is 0 Å². The standard InChI is InChI=1S/C12H21N3/c1-3-6-13-9-11-10-14-8-5-12(11)15-7-4-2/h5,8,10,13H,3-4,6-7,9H2,1-2H3,(H,14,15). The lowest BCUT2D eigenvalue weighted by Crippen LogP contribution is -2.15. The largest absolute Gasteiger partial charge is 0.385 e. The Labute approximate surface area is 92.3 Å². The molecule has 84 valence electrons. The molecular formula is C12H21N3. The van der Waals surface area contributed by atoms with Crippen LogP contribution in [0.2, 0.25) is 0 Å². The number of rotatable bonds is 7. The zero-order valence-corrected chi connectivity index (χ0v) is 9.71. The first-order valence-electron chi connectivity index (χ1n) is 5.76. The van der Waals surface area contributed by atoms with Crippen LogP contribution < -0.4 is 10.6 Å². The molecular weight excluding hydrogens is 186 g/mol. The van der Waals surface area contributed by atoms with Crippen LogP contribution in [0.1, 0.15) is 32.3 Å². The molecule has 0 spiro atoms. The van der Waals surface area contributed by atoms with Gasteiger partial charge in [-0.3, -0.25) is 4.98 Å². The van der Waals surface area contributed by atoms with Gasteiger partial charge in [0.25, 0.3) is 0 Å². The lowest BCUT2D eigenvalue weighted by Gasteiger charge is -2.11. The molecule has 1 rings (SSSR count). The number of aromatic nitrogens is 1. The summed E-state index contributed by atoms with van der Waals surface area (Å²) >= 11 is 0. The van der Waals surface area contributed by atoms with E-state index in [0.29, 0.717) is 0 Å². The van der Waals surface area contributed by atoms with Gasteiger partial charge in [-0.25, -0.2) is 0 Å². The molecule has 0 aromatic carbocycles. The van der Waals surface area contributed by atoms with Crippen molar-refractivity contribution in [3.05, 3.63) is 24.0 Å². The van der Waals surface area contributed by atoms with Gasteiger partial charge in [-0.1, -0.05) is 13.8 Å². The van der Waals surface area contributed by atoms with Gasteiger partial charge in [-0.05, 0) is 25.5 Å². The minimum atomic E-state index is 0.897. The Bertz CT molecular complexity index is 273. The second-order valence-corrected chi connectivity index (χ2v) is 3.64. The molecule has 3 heteroatoms. The van der Waals surface area contributed by atoms with Crippen molar-refractivity contribution in [1.29, 1.82) is 0 Å². The van der Waals surface area contributed by atoms with Crippen molar-refractivity contribution in [2.75, 3.05) is 18.4 Å². The van der Waals surface area contributed by atoms with Crippen molar-refractivity contribution >= 4 is 5.69 Å². The predicted molar refractivity (Wildman–Crippen MR) is 65.0 cm³/mol. The van der Waals surface area contributed by atoms with Crippen molar-refractivity contribution in [2.45, 2.75) is 33.2 Å². The highest BCUT2D eigenvalue weighted by Crippen LogP contribution is 2.12. The Kier molecular flexibility index (Phi) is 5.78. The fourth-order valence-corrected chi connectivity index (χ4v) is 1.40. The Morgan fingerprint density at radius 1 is 1.20 bits per heavy atom. The number of hydrogen-bond acceptors (Lipinski definition) is 3. The SMILES string of the molecule is CCCNCc1cnccc1NCCC. The highest BCUT2D eigenvalue weighted by atomic mass is 14.9. The summed E-state index contributed by atoms with van der Waals surface area (Å²) in [6, 6.07) is 2.04. The smallest absolute Gasteiger partial charge is 0.0416 e. The minimum Gasteiger partial charge on any atom is -0.385 e. The third-order valence-electron chi connectivity index (χ3n) is 2.21. The summed E-state index contributed by atoms with van der Waals surface area (Å²) < 4.78 is 0. The van der Waals surface area contributed by atoms with E-state index in [1.165, 1.54) is 11.3 Å². The average Bonchev–Trinajstić information content (AvgIpc) is 2.28. The fraction of sp³-hybridized carbons (Fsp3) is 0.583. The van der Waals surface area contributed by atoms with Gasteiger partial charge >= 0.3 is 0 Å². The molecule has 0 aliphatic carbocycles. The van der Waals surface area contributed by atoms with E-state index in [-0.39, 0.29) is 0 Å². The van der Waals surface area contributed by atoms with Crippen molar-refractivity contribution in [1.82, 2.24) is 10.3 Å². The fourth-order valence-electron chi connectivity index (χ4n) is 1.40. The Morgan fingerprint density at radius 2 is 2.00 bits per heavy atom. The lowest BCUT2D eigenvalue weighted by molar-refractivity contribution is 0.674. The molecule has 15 heavy (non-hydrogen) atoms. The van der Waals surface area contributed by atoms with Crippen LogP contribution >= 0.6 is 0 Å². The van der Waals surface area contributed by atoms with E-state index in [1.54, 1.807) is 0 Å². The average molecular weight is 207 g/mol. The molecule has 0 amide bonds. The molecule has 0 bridgehead atoms. The Morgan fingerprint density at radius 3 is 2.73 bits per heavy atom. The van der Waals surface area contributed by atoms with Gasteiger partial charge < -0.3 is 10.6 Å². The van der Waals surface area contributed by atoms with Crippen LogP contribution in [0.5, 0.6) is 0 Å². The zero-order valence-electron chi connectivity index (χ0n) is 9.71. The summed E-state index contributed by atoms with van der Waals surface area (Å²) in [5, 5.41) is 6.80. The first kappa shape index (κ1) is 12.0.